The zero-order valence-corrected chi connectivity index (χ0v) is 12.8. The van der Waals surface area contributed by atoms with Gasteiger partial charge in [0.05, 0.1) is 7.11 Å². The van der Waals surface area contributed by atoms with E-state index in [4.69, 9.17) is 9.47 Å². The molecule has 0 aliphatic heterocycles. The molecule has 0 aliphatic rings. The molecule has 1 aromatic carbocycles. The van der Waals surface area contributed by atoms with E-state index in [0.717, 1.165) is 17.9 Å². The monoisotopic (exact) mass is 250 g/mol. The molecule has 0 bridgehead atoms. The highest BCUT2D eigenvalue weighted by molar-refractivity contribution is 5.43. The minimum atomic E-state index is -0.256. The van der Waals surface area contributed by atoms with E-state index in [2.05, 4.69) is 47.6 Å². The second-order valence-electron chi connectivity index (χ2n) is 6.20. The summed E-state index contributed by atoms with van der Waals surface area (Å²) in [6, 6.07) is 6.15. The first kappa shape index (κ1) is 14.9. The molecule has 2 heteroatoms. The van der Waals surface area contributed by atoms with Crippen LogP contribution in [0.5, 0.6) is 11.5 Å². The highest BCUT2D eigenvalue weighted by atomic mass is 16.5. The Morgan fingerprint density at radius 1 is 1.00 bits per heavy atom. The van der Waals surface area contributed by atoms with E-state index in [9.17, 15) is 0 Å². The lowest BCUT2D eigenvalue weighted by atomic mass is 9.79. The van der Waals surface area contributed by atoms with Gasteiger partial charge in [0.25, 0.3) is 0 Å². The van der Waals surface area contributed by atoms with Gasteiger partial charge in [-0.1, -0.05) is 33.8 Å². The molecule has 0 saturated carbocycles. The number of hydrogen-bond donors (Lipinski definition) is 0. The van der Waals surface area contributed by atoms with Crippen LogP contribution in [0.1, 0.15) is 47.1 Å². The van der Waals surface area contributed by atoms with E-state index < -0.39 is 0 Å². The first-order valence-electron chi connectivity index (χ1n) is 6.57. The molecule has 102 valence electrons. The number of ether oxygens (including phenoxy) is 2. The van der Waals surface area contributed by atoms with Gasteiger partial charge in [-0.25, -0.2) is 0 Å². The van der Waals surface area contributed by atoms with Gasteiger partial charge in [0.1, 0.15) is 5.60 Å². The van der Waals surface area contributed by atoms with Crippen LogP contribution in [-0.4, -0.2) is 12.7 Å². The van der Waals surface area contributed by atoms with Crippen molar-refractivity contribution in [1.82, 2.24) is 0 Å². The van der Waals surface area contributed by atoms with Gasteiger partial charge in [-0.15, -0.1) is 0 Å². The third-order valence-corrected chi connectivity index (χ3v) is 3.81. The maximum absolute atomic E-state index is 6.16. The molecule has 0 saturated heterocycles. The lowest BCUT2D eigenvalue weighted by Crippen LogP contribution is -2.42. The Balaban J connectivity index is 3.04. The molecule has 0 spiro atoms. The first-order chi connectivity index (χ1) is 8.21. The van der Waals surface area contributed by atoms with E-state index in [1.807, 2.05) is 12.1 Å². The fourth-order valence-electron chi connectivity index (χ4n) is 1.44. The fourth-order valence-corrected chi connectivity index (χ4v) is 1.44. The minimum Gasteiger partial charge on any atom is -0.493 e. The van der Waals surface area contributed by atoms with Crippen molar-refractivity contribution in [3.63, 3.8) is 0 Å². The summed E-state index contributed by atoms with van der Waals surface area (Å²) in [5.74, 6) is 1.63. The summed E-state index contributed by atoms with van der Waals surface area (Å²) in [6.07, 6.45) is 0.999. The van der Waals surface area contributed by atoms with Crippen molar-refractivity contribution in [2.75, 3.05) is 7.11 Å². The molecule has 0 aromatic heterocycles. The summed E-state index contributed by atoms with van der Waals surface area (Å²) in [5.41, 5.74) is 1.06. The van der Waals surface area contributed by atoms with E-state index in [-0.39, 0.29) is 11.0 Å². The van der Waals surface area contributed by atoms with Gasteiger partial charge in [-0.2, -0.15) is 0 Å². The van der Waals surface area contributed by atoms with Crippen LogP contribution in [0.4, 0.5) is 0 Å². The second-order valence-corrected chi connectivity index (χ2v) is 6.20. The van der Waals surface area contributed by atoms with Crippen molar-refractivity contribution in [3.8, 4) is 11.5 Å². The van der Waals surface area contributed by atoms with Gasteiger partial charge in [-0.3, -0.25) is 0 Å². The standard InChI is InChI=1S/C16H26O2/c1-8-12-9-10-13(14(11-12)17-7)18-16(5,6)15(2,3)4/h9-11H,8H2,1-7H3. The summed E-state index contributed by atoms with van der Waals surface area (Å²) in [6.45, 7) is 12.9. The molecule has 0 radical (unpaired) electrons. The quantitative estimate of drug-likeness (QED) is 0.785. The molecule has 1 rings (SSSR count). The Morgan fingerprint density at radius 2 is 1.61 bits per heavy atom. The summed E-state index contributed by atoms with van der Waals surface area (Å²) in [5, 5.41) is 0. The van der Waals surface area contributed by atoms with Crippen molar-refractivity contribution < 1.29 is 9.47 Å². The van der Waals surface area contributed by atoms with Crippen molar-refractivity contribution in [1.29, 1.82) is 0 Å². The molecular formula is C16H26O2. The molecule has 0 atom stereocenters. The van der Waals surface area contributed by atoms with E-state index >= 15 is 0 Å². The van der Waals surface area contributed by atoms with Gasteiger partial charge < -0.3 is 9.47 Å². The van der Waals surface area contributed by atoms with Crippen LogP contribution >= 0.6 is 0 Å². The van der Waals surface area contributed by atoms with Crippen LogP contribution in [0.15, 0.2) is 18.2 Å². The summed E-state index contributed by atoms with van der Waals surface area (Å²) in [4.78, 5) is 0. The molecule has 0 unspecified atom stereocenters. The Kier molecular flexibility index (Phi) is 4.31. The van der Waals surface area contributed by atoms with E-state index in [1.165, 1.54) is 5.56 Å². The van der Waals surface area contributed by atoms with Gasteiger partial charge in [0.2, 0.25) is 0 Å². The minimum absolute atomic E-state index is 0.0570. The highest BCUT2D eigenvalue weighted by Gasteiger charge is 2.35. The molecule has 2 nitrogen and oxygen atoms in total. The third-order valence-electron chi connectivity index (χ3n) is 3.81. The van der Waals surface area contributed by atoms with Crippen LogP contribution in [-0.2, 0) is 6.42 Å². The van der Waals surface area contributed by atoms with Crippen molar-refractivity contribution in [2.45, 2.75) is 53.6 Å². The maximum Gasteiger partial charge on any atom is 0.162 e. The molecule has 18 heavy (non-hydrogen) atoms. The predicted molar refractivity (Wildman–Crippen MR) is 76.5 cm³/mol. The van der Waals surface area contributed by atoms with E-state index in [1.54, 1.807) is 7.11 Å². The van der Waals surface area contributed by atoms with Crippen molar-refractivity contribution in [3.05, 3.63) is 23.8 Å². The molecule has 1 aromatic rings. The summed E-state index contributed by atoms with van der Waals surface area (Å²) >= 11 is 0. The number of rotatable bonds is 4. The van der Waals surface area contributed by atoms with Crippen LogP contribution in [0, 0.1) is 5.41 Å². The Labute approximate surface area is 111 Å². The van der Waals surface area contributed by atoms with Crippen molar-refractivity contribution in [2.24, 2.45) is 5.41 Å². The van der Waals surface area contributed by atoms with Crippen molar-refractivity contribution >= 4 is 0 Å². The number of aryl methyl sites for hydroxylation is 1. The predicted octanol–water partition coefficient (Wildman–Crippen LogP) is 4.46. The largest absolute Gasteiger partial charge is 0.493 e. The third kappa shape index (κ3) is 3.18. The molecule has 0 N–H and O–H groups in total. The average molecular weight is 250 g/mol. The molecule has 0 amide bonds. The van der Waals surface area contributed by atoms with E-state index in [0.29, 0.717) is 0 Å². The zero-order chi connectivity index (χ0) is 14.0. The molecule has 0 heterocycles. The average Bonchev–Trinajstić information content (AvgIpc) is 2.27. The lowest BCUT2D eigenvalue weighted by Gasteiger charge is -2.39. The van der Waals surface area contributed by atoms with Crippen LogP contribution in [0.2, 0.25) is 0 Å². The number of benzene rings is 1. The van der Waals surface area contributed by atoms with Gasteiger partial charge >= 0.3 is 0 Å². The lowest BCUT2D eigenvalue weighted by molar-refractivity contribution is -0.00111. The van der Waals surface area contributed by atoms with Gasteiger partial charge in [0.15, 0.2) is 11.5 Å². The molecule has 0 fully saturated rings. The second kappa shape index (κ2) is 5.21. The van der Waals surface area contributed by atoms with Crippen LogP contribution in [0.3, 0.4) is 0 Å². The SMILES string of the molecule is CCc1ccc(OC(C)(C)C(C)(C)C)c(OC)c1. The number of hydrogen-bond acceptors (Lipinski definition) is 2. The topological polar surface area (TPSA) is 18.5 Å². The Bertz CT molecular complexity index is 400. The van der Waals surface area contributed by atoms with Gasteiger partial charge in [0, 0.05) is 5.41 Å². The summed E-state index contributed by atoms with van der Waals surface area (Å²) < 4.78 is 11.6. The Hall–Kier alpha value is -1.18. The number of methoxy groups -OCH3 is 1. The first-order valence-corrected chi connectivity index (χ1v) is 6.57. The highest BCUT2D eigenvalue weighted by Crippen LogP contribution is 2.38. The fraction of sp³-hybridized carbons (Fsp3) is 0.625. The summed E-state index contributed by atoms with van der Waals surface area (Å²) in [7, 11) is 1.69. The van der Waals surface area contributed by atoms with Gasteiger partial charge in [-0.05, 0) is 38.0 Å². The van der Waals surface area contributed by atoms with Crippen LogP contribution in [0.25, 0.3) is 0 Å². The Morgan fingerprint density at radius 3 is 2.06 bits per heavy atom. The molecular weight excluding hydrogens is 224 g/mol. The molecule has 0 aliphatic carbocycles. The maximum atomic E-state index is 6.16. The smallest absolute Gasteiger partial charge is 0.162 e. The zero-order valence-electron chi connectivity index (χ0n) is 12.8. The van der Waals surface area contributed by atoms with Crippen LogP contribution < -0.4 is 9.47 Å². The normalized spacial score (nSPS) is 12.4.